The van der Waals surface area contributed by atoms with E-state index in [0.29, 0.717) is 12.8 Å². The molecule has 6 nitrogen and oxygen atoms in total. The van der Waals surface area contributed by atoms with Crippen molar-refractivity contribution in [2.75, 3.05) is 0 Å². The Kier molecular flexibility index (Phi) is 6.87. The number of rotatable bonds is 0. The zero-order chi connectivity index (χ0) is 15.1. The van der Waals surface area contributed by atoms with Crippen molar-refractivity contribution in [3.05, 3.63) is 24.3 Å². The summed E-state index contributed by atoms with van der Waals surface area (Å²) in [5.41, 5.74) is 0. The van der Waals surface area contributed by atoms with Crippen LogP contribution in [0.2, 0.25) is 0 Å². The normalized spacial score (nSPS) is 40.5. The Labute approximate surface area is 118 Å². The summed E-state index contributed by atoms with van der Waals surface area (Å²) in [5, 5.41) is 38.6. The third-order valence-corrected chi connectivity index (χ3v) is 3.11. The maximum Gasteiger partial charge on any atom is 0.330 e. The molecule has 0 aromatic carbocycles. The van der Waals surface area contributed by atoms with Gasteiger partial charge in [-0.15, -0.1) is 0 Å². The molecular weight excluding hydrogens is 264 g/mol. The van der Waals surface area contributed by atoms with Gasteiger partial charge in [0.1, 0.15) is 24.4 Å². The number of cyclic esters (lactones) is 1. The molecule has 4 N–H and O–H groups in total. The minimum atomic E-state index is -1.60. The third-order valence-electron chi connectivity index (χ3n) is 3.11. The smallest absolute Gasteiger partial charge is 0.330 e. The lowest BCUT2D eigenvalue weighted by Gasteiger charge is -2.23. The van der Waals surface area contributed by atoms with Gasteiger partial charge in [0.2, 0.25) is 0 Å². The Hall–Kier alpha value is -1.21. The summed E-state index contributed by atoms with van der Waals surface area (Å²) in [6.45, 7) is 1.77. The van der Waals surface area contributed by atoms with Crippen LogP contribution in [-0.4, -0.2) is 56.9 Å². The Morgan fingerprint density at radius 2 is 1.70 bits per heavy atom. The van der Waals surface area contributed by atoms with Crippen LogP contribution in [0.25, 0.3) is 0 Å². The minimum Gasteiger partial charge on any atom is -0.460 e. The van der Waals surface area contributed by atoms with Crippen LogP contribution >= 0.6 is 0 Å². The summed E-state index contributed by atoms with van der Waals surface area (Å²) < 4.78 is 5.07. The zero-order valence-corrected chi connectivity index (χ0v) is 11.4. The topological polar surface area (TPSA) is 107 Å². The molecule has 1 aliphatic heterocycles. The highest BCUT2D eigenvalue weighted by Crippen LogP contribution is 2.11. The molecule has 5 atom stereocenters. The number of aliphatic hydroxyl groups is 4. The fourth-order valence-electron chi connectivity index (χ4n) is 1.86. The molecule has 1 aliphatic rings. The summed E-state index contributed by atoms with van der Waals surface area (Å²) in [4.78, 5) is 11.4. The van der Waals surface area contributed by atoms with Crippen molar-refractivity contribution in [3.8, 4) is 0 Å². The quantitative estimate of drug-likeness (QED) is 0.358. The molecule has 0 bridgehead atoms. The lowest BCUT2D eigenvalue weighted by atomic mass is 10.0. The first-order valence-corrected chi connectivity index (χ1v) is 6.69. The van der Waals surface area contributed by atoms with E-state index in [2.05, 4.69) is 0 Å². The highest BCUT2D eigenvalue weighted by Gasteiger charge is 2.27. The molecule has 0 aromatic heterocycles. The highest BCUT2D eigenvalue weighted by molar-refractivity contribution is 5.82. The lowest BCUT2D eigenvalue weighted by Crippen LogP contribution is -2.43. The molecule has 0 spiro atoms. The summed E-state index contributed by atoms with van der Waals surface area (Å²) in [6.07, 6.45) is 1.06. The number of allylic oxidation sites excluding steroid dienone is 1. The molecule has 1 heterocycles. The second-order valence-corrected chi connectivity index (χ2v) is 4.93. The van der Waals surface area contributed by atoms with Crippen LogP contribution in [0.5, 0.6) is 0 Å². The van der Waals surface area contributed by atoms with Gasteiger partial charge in [0, 0.05) is 6.08 Å². The van der Waals surface area contributed by atoms with Gasteiger partial charge in [0.25, 0.3) is 0 Å². The Morgan fingerprint density at radius 1 is 1.10 bits per heavy atom. The number of ether oxygens (including phenoxy) is 1. The maximum absolute atomic E-state index is 11.4. The van der Waals surface area contributed by atoms with E-state index < -0.39 is 30.4 Å². The van der Waals surface area contributed by atoms with Crippen molar-refractivity contribution in [1.82, 2.24) is 0 Å². The third kappa shape index (κ3) is 5.42. The molecule has 1 rings (SSSR count). The molecule has 114 valence electrons. The van der Waals surface area contributed by atoms with Crippen molar-refractivity contribution in [3.63, 3.8) is 0 Å². The monoisotopic (exact) mass is 286 g/mol. The largest absolute Gasteiger partial charge is 0.460 e. The van der Waals surface area contributed by atoms with Crippen LogP contribution in [-0.2, 0) is 9.53 Å². The van der Waals surface area contributed by atoms with Gasteiger partial charge >= 0.3 is 5.97 Å². The van der Waals surface area contributed by atoms with E-state index in [9.17, 15) is 25.2 Å². The molecule has 0 saturated carbocycles. The van der Waals surface area contributed by atoms with E-state index >= 15 is 0 Å². The van der Waals surface area contributed by atoms with Crippen LogP contribution < -0.4 is 0 Å². The number of carbonyl (C=O) groups is 1. The van der Waals surface area contributed by atoms with Gasteiger partial charge in [-0.1, -0.05) is 12.2 Å². The average molecular weight is 286 g/mol. The molecule has 20 heavy (non-hydrogen) atoms. The van der Waals surface area contributed by atoms with Crippen molar-refractivity contribution in [1.29, 1.82) is 0 Å². The predicted octanol–water partition coefficient (Wildman–Crippen LogP) is -0.342. The SMILES string of the molecule is C[C@H]1CCC/C=C\[C@H](O)C(O)C(O)[C@H](O)/C=C/C(=O)O1. The molecule has 0 fully saturated rings. The molecule has 0 aromatic rings. The molecule has 6 heteroatoms. The first kappa shape index (κ1) is 16.8. The highest BCUT2D eigenvalue weighted by atomic mass is 16.5. The average Bonchev–Trinajstić information content (AvgIpc) is 2.41. The summed E-state index contributed by atoms with van der Waals surface area (Å²) >= 11 is 0. The fraction of sp³-hybridized carbons (Fsp3) is 0.643. The number of hydrogen-bond donors (Lipinski definition) is 4. The van der Waals surface area contributed by atoms with Crippen LogP contribution in [0.3, 0.4) is 0 Å². The number of aliphatic hydroxyl groups excluding tert-OH is 4. The van der Waals surface area contributed by atoms with Crippen LogP contribution in [0.15, 0.2) is 24.3 Å². The molecular formula is C14H22O6. The maximum atomic E-state index is 11.4. The van der Waals surface area contributed by atoms with E-state index in [1.54, 1.807) is 13.0 Å². The summed E-state index contributed by atoms with van der Waals surface area (Å²) in [5.74, 6) is -0.619. The zero-order valence-electron chi connectivity index (χ0n) is 11.4. The van der Waals surface area contributed by atoms with Gasteiger partial charge in [-0.2, -0.15) is 0 Å². The van der Waals surface area contributed by atoms with Crippen LogP contribution in [0, 0.1) is 0 Å². The number of hydrogen-bond acceptors (Lipinski definition) is 6. The Balaban J connectivity index is 2.80. The van der Waals surface area contributed by atoms with E-state index in [0.717, 1.165) is 18.6 Å². The van der Waals surface area contributed by atoms with Crippen molar-refractivity contribution in [2.24, 2.45) is 0 Å². The molecule has 0 aliphatic carbocycles. The van der Waals surface area contributed by atoms with Crippen molar-refractivity contribution < 1.29 is 30.0 Å². The second kappa shape index (κ2) is 8.16. The molecule has 0 radical (unpaired) electrons. The van der Waals surface area contributed by atoms with E-state index in [-0.39, 0.29) is 6.10 Å². The molecule has 0 saturated heterocycles. The summed E-state index contributed by atoms with van der Waals surface area (Å²) in [7, 11) is 0. The predicted molar refractivity (Wildman–Crippen MR) is 71.7 cm³/mol. The van der Waals surface area contributed by atoms with Gasteiger partial charge in [-0.05, 0) is 32.3 Å². The van der Waals surface area contributed by atoms with Crippen molar-refractivity contribution >= 4 is 5.97 Å². The number of esters is 1. The van der Waals surface area contributed by atoms with Crippen LogP contribution in [0.1, 0.15) is 26.2 Å². The number of carbonyl (C=O) groups excluding carboxylic acids is 1. The Bertz CT molecular complexity index is 365. The first-order valence-electron chi connectivity index (χ1n) is 6.69. The van der Waals surface area contributed by atoms with E-state index in [1.165, 1.54) is 6.08 Å². The van der Waals surface area contributed by atoms with Gasteiger partial charge in [-0.3, -0.25) is 0 Å². The van der Waals surface area contributed by atoms with Gasteiger partial charge in [-0.25, -0.2) is 4.79 Å². The fourth-order valence-corrected chi connectivity index (χ4v) is 1.86. The van der Waals surface area contributed by atoms with Gasteiger partial charge < -0.3 is 25.2 Å². The van der Waals surface area contributed by atoms with Crippen molar-refractivity contribution in [2.45, 2.75) is 56.7 Å². The molecule has 2 unspecified atom stereocenters. The van der Waals surface area contributed by atoms with Crippen LogP contribution in [0.4, 0.5) is 0 Å². The van der Waals surface area contributed by atoms with Gasteiger partial charge in [0.05, 0.1) is 6.10 Å². The van der Waals surface area contributed by atoms with Gasteiger partial charge in [0.15, 0.2) is 0 Å². The molecule has 0 amide bonds. The second-order valence-electron chi connectivity index (χ2n) is 4.93. The van der Waals surface area contributed by atoms with E-state index in [1.807, 2.05) is 0 Å². The minimum absolute atomic E-state index is 0.249. The lowest BCUT2D eigenvalue weighted by molar-refractivity contribution is -0.142. The first-order chi connectivity index (χ1) is 9.41. The standard InChI is InChI=1S/C14H22O6/c1-9-5-3-2-4-6-10(15)13(18)14(19)11(16)7-8-12(17)20-9/h4,6-11,13-16,18-19H,2-3,5H2,1H3/b6-4-,8-7+/t9-,10-,11+,13?,14?/m0/s1. The van der Waals surface area contributed by atoms with E-state index in [4.69, 9.17) is 4.74 Å². The Morgan fingerprint density at radius 3 is 2.35 bits per heavy atom. The summed E-state index contributed by atoms with van der Waals surface area (Å²) in [6, 6.07) is 0.